The zero-order valence-electron chi connectivity index (χ0n) is 28.7. The van der Waals surface area contributed by atoms with E-state index < -0.39 is 8.07 Å². The van der Waals surface area contributed by atoms with Gasteiger partial charge in [-0.05, 0) is 53.3 Å². The molecule has 6 nitrogen and oxygen atoms in total. The van der Waals surface area contributed by atoms with Crippen LogP contribution in [-0.4, -0.2) is 27.6 Å². The number of imidazole rings is 1. The molecule has 0 bridgehead atoms. The van der Waals surface area contributed by atoms with Gasteiger partial charge in [0.2, 0.25) is 5.71 Å². The van der Waals surface area contributed by atoms with Gasteiger partial charge in [0.05, 0.1) is 41.6 Å². The van der Waals surface area contributed by atoms with E-state index in [4.69, 9.17) is 13.8 Å². The summed E-state index contributed by atoms with van der Waals surface area (Å²) in [6.07, 6.45) is 3.76. The number of aromatic nitrogens is 4. The predicted octanol–water partition coefficient (Wildman–Crippen LogP) is 10.8. The zero-order chi connectivity index (χ0) is 34.5. The molecule has 0 unspecified atom stereocenters. The Morgan fingerprint density at radius 3 is 2.29 bits per heavy atom. The summed E-state index contributed by atoms with van der Waals surface area (Å²) in [5.41, 5.74) is 8.77. The molecule has 52 heavy (non-hydrogen) atoms. The second-order valence-electron chi connectivity index (χ2n) is 13.5. The molecule has 10 rings (SSSR count). The molecule has 0 saturated carbocycles. The van der Waals surface area contributed by atoms with Crippen LogP contribution in [0.3, 0.4) is 0 Å². The van der Waals surface area contributed by atoms with Crippen molar-refractivity contribution in [2.75, 3.05) is 0 Å². The SMILES string of the molecule is C[Si](C)(C)c1ccc(-c2[c-]cccc2)nc1.[Ir].[c-]1ccc2c(oc3ncccc32)c1-c1nc2ccccc2n1-c1cccc2oc3ccccc3c12. The number of hydrogen-bond donors (Lipinski definition) is 0. The van der Waals surface area contributed by atoms with Gasteiger partial charge in [-0.1, -0.05) is 79.1 Å². The van der Waals surface area contributed by atoms with Gasteiger partial charge < -0.3 is 18.4 Å². The van der Waals surface area contributed by atoms with Gasteiger partial charge in [0.1, 0.15) is 11.2 Å². The third-order valence-electron chi connectivity index (χ3n) is 9.23. The summed E-state index contributed by atoms with van der Waals surface area (Å²) >= 11 is 0. The first kappa shape index (κ1) is 33.5. The summed E-state index contributed by atoms with van der Waals surface area (Å²) in [6.45, 7) is 7.00. The van der Waals surface area contributed by atoms with Crippen molar-refractivity contribution in [1.82, 2.24) is 19.5 Å². The van der Waals surface area contributed by atoms with Gasteiger partial charge in [0.25, 0.3) is 0 Å². The van der Waals surface area contributed by atoms with Crippen LogP contribution in [0.2, 0.25) is 19.6 Å². The normalized spacial score (nSPS) is 11.6. The van der Waals surface area contributed by atoms with Crippen LogP contribution in [0.25, 0.3) is 83.4 Å². The molecule has 10 aromatic rings. The third kappa shape index (κ3) is 5.85. The third-order valence-corrected chi connectivity index (χ3v) is 11.3. The molecule has 5 aromatic heterocycles. The molecule has 0 amide bonds. The van der Waals surface area contributed by atoms with Crippen molar-refractivity contribution in [1.29, 1.82) is 0 Å². The van der Waals surface area contributed by atoms with Crippen molar-refractivity contribution in [2.45, 2.75) is 19.6 Å². The summed E-state index contributed by atoms with van der Waals surface area (Å²) in [5, 5.41) is 5.48. The molecule has 0 aliphatic heterocycles. The second-order valence-corrected chi connectivity index (χ2v) is 18.6. The van der Waals surface area contributed by atoms with Crippen LogP contribution in [0.5, 0.6) is 0 Å². The first-order valence-electron chi connectivity index (χ1n) is 16.9. The summed E-state index contributed by atoms with van der Waals surface area (Å²) in [7, 11) is -1.23. The molecule has 0 fully saturated rings. The average Bonchev–Trinajstić information content (AvgIpc) is 3.87. The maximum absolute atomic E-state index is 6.25. The Balaban J connectivity index is 0.000000193. The zero-order valence-corrected chi connectivity index (χ0v) is 32.1. The smallest absolute Gasteiger partial charge is 0.216 e. The van der Waals surface area contributed by atoms with Crippen LogP contribution in [0, 0.1) is 12.1 Å². The van der Waals surface area contributed by atoms with E-state index in [9.17, 15) is 0 Å². The monoisotopic (exact) mass is 869 g/mol. The molecule has 8 heteroatoms. The van der Waals surface area contributed by atoms with E-state index in [0.717, 1.165) is 77.7 Å². The maximum atomic E-state index is 6.25. The molecule has 0 aliphatic rings. The topological polar surface area (TPSA) is 69.9 Å². The molecule has 0 saturated heterocycles. The standard InChI is InChI=1S/C30H16N3O2.C14H16NSi.Ir/c1-4-15-25-20(8-1)27-24(14-6-16-26(27)34-25)33-23-13-3-2-12-22(23)32-29(33)21-10-5-9-18-19-11-7-17-31-30(19)35-28(18)21;1-16(2,3)13-9-10-14(15-11-13)12-7-5-4-6-8-12;/h1-9,11-17H;4-7,9-11H,1-3H3;/q2*-1;. The average molecular weight is 869 g/mol. The number of hydrogen-bond acceptors (Lipinski definition) is 5. The van der Waals surface area contributed by atoms with Crippen molar-refractivity contribution in [3.05, 3.63) is 152 Å². The fourth-order valence-electron chi connectivity index (χ4n) is 6.67. The van der Waals surface area contributed by atoms with Crippen molar-refractivity contribution >= 4 is 68.3 Å². The predicted molar refractivity (Wildman–Crippen MR) is 209 cm³/mol. The molecular weight excluding hydrogens is 837 g/mol. The Morgan fingerprint density at radius 2 is 1.46 bits per heavy atom. The number of pyridine rings is 2. The minimum atomic E-state index is -1.23. The fraction of sp³-hybridized carbons (Fsp3) is 0.0682. The number of para-hydroxylation sites is 3. The Hall–Kier alpha value is -5.66. The van der Waals surface area contributed by atoms with Crippen LogP contribution >= 0.6 is 0 Å². The molecule has 0 N–H and O–H groups in total. The summed E-state index contributed by atoms with van der Waals surface area (Å²) < 4.78 is 14.6. The summed E-state index contributed by atoms with van der Waals surface area (Å²) in [5.74, 6) is 0.758. The first-order valence-corrected chi connectivity index (χ1v) is 20.4. The maximum Gasteiger partial charge on any atom is 0.216 e. The molecule has 0 spiro atoms. The van der Waals surface area contributed by atoms with Crippen LogP contribution in [0.4, 0.5) is 0 Å². The summed E-state index contributed by atoms with van der Waals surface area (Å²) in [4.78, 5) is 14.0. The van der Waals surface area contributed by atoms with Crippen LogP contribution < -0.4 is 5.19 Å². The van der Waals surface area contributed by atoms with E-state index in [1.165, 1.54) is 5.19 Å². The molecule has 1 radical (unpaired) electrons. The number of rotatable bonds is 4. The van der Waals surface area contributed by atoms with E-state index >= 15 is 0 Å². The van der Waals surface area contributed by atoms with E-state index in [-0.39, 0.29) is 20.1 Å². The van der Waals surface area contributed by atoms with Crippen LogP contribution in [0.15, 0.2) is 149 Å². The molecule has 255 valence electrons. The van der Waals surface area contributed by atoms with Gasteiger partial charge in [-0.15, -0.1) is 54.1 Å². The van der Waals surface area contributed by atoms with Gasteiger partial charge in [0.15, 0.2) is 0 Å². The minimum Gasteiger partial charge on any atom is -0.486 e. The molecule has 0 aliphatic carbocycles. The quantitative estimate of drug-likeness (QED) is 0.130. The molecular formula is C44H32IrN4O2Si-2. The van der Waals surface area contributed by atoms with Gasteiger partial charge in [-0.25, -0.2) is 4.98 Å². The second kappa shape index (κ2) is 13.5. The Morgan fingerprint density at radius 1 is 0.654 bits per heavy atom. The Labute approximate surface area is 315 Å². The fourth-order valence-corrected chi connectivity index (χ4v) is 7.71. The minimum absolute atomic E-state index is 0. The molecule has 5 aromatic carbocycles. The Kier molecular flexibility index (Phi) is 8.67. The number of nitrogens with zero attached hydrogens (tertiary/aromatic N) is 4. The van der Waals surface area contributed by atoms with Crippen molar-refractivity contribution in [2.24, 2.45) is 0 Å². The van der Waals surface area contributed by atoms with Gasteiger partial charge in [0, 0.05) is 43.3 Å². The van der Waals surface area contributed by atoms with E-state index in [2.05, 4.69) is 76.6 Å². The van der Waals surface area contributed by atoms with E-state index in [1.807, 2.05) is 103 Å². The largest absolute Gasteiger partial charge is 0.486 e. The van der Waals surface area contributed by atoms with E-state index in [1.54, 1.807) is 6.20 Å². The van der Waals surface area contributed by atoms with Crippen molar-refractivity contribution < 1.29 is 28.9 Å². The van der Waals surface area contributed by atoms with Gasteiger partial charge in [-0.2, -0.15) is 0 Å². The van der Waals surface area contributed by atoms with Crippen molar-refractivity contribution in [3.63, 3.8) is 0 Å². The molecule has 5 heterocycles. The first-order chi connectivity index (χ1) is 24.9. The van der Waals surface area contributed by atoms with Crippen LogP contribution in [0.1, 0.15) is 0 Å². The number of furan rings is 2. The van der Waals surface area contributed by atoms with Crippen molar-refractivity contribution in [3.8, 4) is 28.3 Å². The van der Waals surface area contributed by atoms with Gasteiger partial charge in [-0.3, -0.25) is 4.98 Å². The van der Waals surface area contributed by atoms with E-state index in [0.29, 0.717) is 5.71 Å². The van der Waals surface area contributed by atoms with Gasteiger partial charge >= 0.3 is 0 Å². The Bertz CT molecular complexity index is 2850. The number of benzene rings is 5. The molecule has 0 atom stereocenters. The van der Waals surface area contributed by atoms with Crippen LogP contribution in [-0.2, 0) is 20.1 Å². The summed E-state index contributed by atoms with van der Waals surface area (Å²) in [6, 6.07) is 49.2. The number of fused-ring (bicyclic) bond motifs is 7.